The maximum atomic E-state index is 10.5. The molecule has 6 nitrogen and oxygen atoms in total. The molecule has 0 unspecified atom stereocenters. The van der Waals surface area contributed by atoms with Gasteiger partial charge in [0.1, 0.15) is 5.75 Å². The summed E-state index contributed by atoms with van der Waals surface area (Å²) in [7, 11) is 0. The molecule has 162 valence electrons. The summed E-state index contributed by atoms with van der Waals surface area (Å²) in [5.41, 5.74) is -0.290. The van der Waals surface area contributed by atoms with E-state index in [1.807, 2.05) is 0 Å². The summed E-state index contributed by atoms with van der Waals surface area (Å²) in [6, 6.07) is 2.82. The van der Waals surface area contributed by atoms with Gasteiger partial charge in [-0.1, -0.05) is 65.2 Å². The minimum Gasteiger partial charge on any atom is -0.870 e. The lowest BCUT2D eigenvalue weighted by Crippen LogP contribution is -2.50. The molecule has 0 heterocycles. The van der Waals surface area contributed by atoms with Crippen molar-refractivity contribution in [2.45, 2.75) is 79.1 Å². The van der Waals surface area contributed by atoms with E-state index in [9.17, 15) is 15.2 Å². The highest BCUT2D eigenvalue weighted by Gasteiger charge is 2.24. The minimum absolute atomic E-state index is 0.290. The van der Waals surface area contributed by atoms with Crippen LogP contribution in [0.4, 0.5) is 5.69 Å². The summed E-state index contributed by atoms with van der Waals surface area (Å²) >= 11 is 0. The van der Waals surface area contributed by atoms with E-state index in [-0.39, 0.29) is 5.69 Å². The molecule has 1 aromatic carbocycles. The Bertz CT molecular complexity index is 512. The van der Waals surface area contributed by atoms with Gasteiger partial charge in [-0.25, -0.2) is 0 Å². The molecule has 0 aliphatic rings. The number of nitro groups is 1. The first-order chi connectivity index (χ1) is 13.4. The minimum atomic E-state index is -0.681. The summed E-state index contributed by atoms with van der Waals surface area (Å²) in [6.45, 7) is 15.0. The predicted molar refractivity (Wildman–Crippen MR) is 114 cm³/mol. The molecule has 0 aliphatic heterocycles. The second kappa shape index (κ2) is 15.1. The van der Waals surface area contributed by atoms with Crippen molar-refractivity contribution >= 4 is 5.69 Å². The van der Waals surface area contributed by atoms with Crippen LogP contribution in [0, 0.1) is 10.1 Å². The van der Waals surface area contributed by atoms with Gasteiger partial charge in [0, 0.05) is 6.07 Å². The van der Waals surface area contributed by atoms with Crippen molar-refractivity contribution in [3.8, 4) is 11.5 Å². The standard InChI is InChI=1S/C16H36N.C6H5NO4/c1-5-9-13-17(14-10-6-2,15-11-7-3)16-12-8-4;8-5-2-1-4(7(10)11)3-6(5)9/h5-16H2,1-4H3;1-3,8-9H/q+1;/p-1. The number of rotatable bonds is 13. The maximum absolute atomic E-state index is 10.5. The van der Waals surface area contributed by atoms with Gasteiger partial charge < -0.3 is 14.7 Å². The van der Waals surface area contributed by atoms with Crippen LogP contribution in [0.15, 0.2) is 18.2 Å². The summed E-state index contributed by atoms with van der Waals surface area (Å²) in [6.07, 6.45) is 11.1. The Hall–Kier alpha value is -1.82. The Morgan fingerprint density at radius 1 is 0.857 bits per heavy atom. The molecule has 0 saturated heterocycles. The molecule has 0 saturated carbocycles. The molecule has 0 spiro atoms. The SMILES string of the molecule is CCCC[N+](CCCC)(CCCC)CCCC.O=[N+]([O-])c1ccc([O-])c(O)c1. The molecule has 1 N–H and O–H groups in total. The van der Waals surface area contributed by atoms with Crippen molar-refractivity contribution in [2.24, 2.45) is 0 Å². The van der Waals surface area contributed by atoms with Gasteiger partial charge >= 0.3 is 0 Å². The first-order valence-electron chi connectivity index (χ1n) is 10.8. The van der Waals surface area contributed by atoms with E-state index in [1.165, 1.54) is 82.0 Å². The Kier molecular flexibility index (Phi) is 14.2. The van der Waals surface area contributed by atoms with Gasteiger partial charge in [0.25, 0.3) is 5.69 Å². The Morgan fingerprint density at radius 3 is 1.54 bits per heavy atom. The summed E-state index contributed by atoms with van der Waals surface area (Å²) in [5.74, 6) is -1.21. The molecule has 0 radical (unpaired) electrons. The molecule has 6 heteroatoms. The van der Waals surface area contributed by atoms with Crippen molar-refractivity contribution in [3.05, 3.63) is 28.3 Å². The van der Waals surface area contributed by atoms with E-state index >= 15 is 0 Å². The van der Waals surface area contributed by atoms with Crippen LogP contribution in [0.5, 0.6) is 11.5 Å². The number of nitrogens with zero attached hydrogens (tertiary/aromatic N) is 2. The summed E-state index contributed by atoms with van der Waals surface area (Å²) in [4.78, 5) is 9.38. The number of hydrogen-bond acceptors (Lipinski definition) is 4. The topological polar surface area (TPSA) is 86.4 Å². The molecule has 0 aromatic heterocycles. The van der Waals surface area contributed by atoms with Gasteiger partial charge in [-0.3, -0.25) is 10.1 Å². The molecule has 0 fully saturated rings. The van der Waals surface area contributed by atoms with Crippen molar-refractivity contribution in [1.82, 2.24) is 0 Å². The fraction of sp³-hybridized carbons (Fsp3) is 0.727. The lowest BCUT2D eigenvalue weighted by Gasteiger charge is -2.39. The van der Waals surface area contributed by atoms with Crippen molar-refractivity contribution in [1.29, 1.82) is 0 Å². The third-order valence-corrected chi connectivity index (χ3v) is 5.10. The number of nitro benzene ring substituents is 1. The molecular weight excluding hydrogens is 356 g/mol. The highest BCUT2D eigenvalue weighted by molar-refractivity contribution is 5.45. The van der Waals surface area contributed by atoms with Crippen LogP contribution in [0.3, 0.4) is 0 Å². The maximum Gasteiger partial charge on any atom is 0.273 e. The van der Waals surface area contributed by atoms with Crippen LogP contribution in [-0.4, -0.2) is 40.7 Å². The average Bonchev–Trinajstić information content (AvgIpc) is 2.69. The van der Waals surface area contributed by atoms with Gasteiger partial charge in [-0.05, 0) is 25.7 Å². The van der Waals surface area contributed by atoms with E-state index in [1.54, 1.807) is 0 Å². The molecule has 1 rings (SSSR count). The first kappa shape index (κ1) is 26.2. The van der Waals surface area contributed by atoms with Crippen LogP contribution in [-0.2, 0) is 0 Å². The van der Waals surface area contributed by atoms with E-state index in [2.05, 4.69) is 27.7 Å². The molecule has 0 aliphatic carbocycles. The number of quaternary nitrogens is 1. The zero-order valence-corrected chi connectivity index (χ0v) is 18.3. The second-order valence-electron chi connectivity index (χ2n) is 7.56. The van der Waals surface area contributed by atoms with Gasteiger partial charge in [-0.2, -0.15) is 0 Å². The van der Waals surface area contributed by atoms with E-state index in [0.29, 0.717) is 0 Å². The van der Waals surface area contributed by atoms with Crippen molar-refractivity contribution < 1.29 is 19.6 Å². The van der Waals surface area contributed by atoms with Crippen LogP contribution in [0.2, 0.25) is 0 Å². The lowest BCUT2D eigenvalue weighted by molar-refractivity contribution is -0.929. The third kappa shape index (κ3) is 10.5. The Balaban J connectivity index is 0.000000567. The number of phenols is 1. The highest BCUT2D eigenvalue weighted by atomic mass is 16.6. The number of unbranched alkanes of at least 4 members (excludes halogenated alkanes) is 4. The second-order valence-corrected chi connectivity index (χ2v) is 7.56. The van der Waals surface area contributed by atoms with Crippen LogP contribution < -0.4 is 5.11 Å². The number of phenolic OH excluding ortho intramolecular Hbond substituents is 1. The normalized spacial score (nSPS) is 11.0. The smallest absolute Gasteiger partial charge is 0.273 e. The monoisotopic (exact) mass is 396 g/mol. The summed E-state index contributed by atoms with van der Waals surface area (Å²) in [5, 5.41) is 29.3. The fourth-order valence-electron chi connectivity index (χ4n) is 3.26. The van der Waals surface area contributed by atoms with Gasteiger partial charge in [0.15, 0.2) is 0 Å². The zero-order chi connectivity index (χ0) is 21.4. The van der Waals surface area contributed by atoms with Crippen molar-refractivity contribution in [2.75, 3.05) is 26.2 Å². The molecule has 28 heavy (non-hydrogen) atoms. The average molecular weight is 397 g/mol. The van der Waals surface area contributed by atoms with E-state index < -0.39 is 16.4 Å². The zero-order valence-electron chi connectivity index (χ0n) is 18.3. The fourth-order valence-corrected chi connectivity index (χ4v) is 3.26. The Morgan fingerprint density at radius 2 is 1.25 bits per heavy atom. The van der Waals surface area contributed by atoms with E-state index in [4.69, 9.17) is 5.11 Å². The van der Waals surface area contributed by atoms with E-state index in [0.717, 1.165) is 18.2 Å². The molecule has 0 amide bonds. The number of non-ortho nitro benzene ring substituents is 1. The number of aromatic hydroxyl groups is 1. The van der Waals surface area contributed by atoms with Gasteiger partial charge in [0.05, 0.1) is 37.2 Å². The van der Waals surface area contributed by atoms with Crippen LogP contribution in [0.25, 0.3) is 0 Å². The van der Waals surface area contributed by atoms with Crippen molar-refractivity contribution in [3.63, 3.8) is 0 Å². The van der Waals surface area contributed by atoms with Crippen LogP contribution in [0.1, 0.15) is 79.1 Å². The molecule has 0 atom stereocenters. The molecular formula is C22H40N2O4. The Labute approximate surface area is 170 Å². The molecule has 1 aromatic rings. The molecule has 0 bridgehead atoms. The first-order valence-corrected chi connectivity index (χ1v) is 10.8. The third-order valence-electron chi connectivity index (χ3n) is 5.10. The number of benzene rings is 1. The predicted octanol–water partition coefficient (Wildman–Crippen LogP) is 5.38. The lowest BCUT2D eigenvalue weighted by atomic mass is 10.1. The number of hydrogen-bond donors (Lipinski definition) is 1. The summed E-state index contributed by atoms with van der Waals surface area (Å²) < 4.78 is 1.42. The van der Waals surface area contributed by atoms with Crippen LogP contribution >= 0.6 is 0 Å². The highest BCUT2D eigenvalue weighted by Crippen LogP contribution is 2.25. The quantitative estimate of drug-likeness (QED) is 0.275. The van der Waals surface area contributed by atoms with Gasteiger partial charge in [-0.15, -0.1) is 0 Å². The van der Waals surface area contributed by atoms with Gasteiger partial charge in [0.2, 0.25) is 0 Å². The largest absolute Gasteiger partial charge is 0.870 e.